The first-order valence-corrected chi connectivity index (χ1v) is 7.90. The Labute approximate surface area is 136 Å². The van der Waals surface area contributed by atoms with Crippen LogP contribution < -0.4 is 5.73 Å². The quantitative estimate of drug-likeness (QED) is 0.803. The number of benzene rings is 1. The minimum atomic E-state index is -0.601. The summed E-state index contributed by atoms with van der Waals surface area (Å²) in [7, 11) is 0. The number of aliphatic hydroxyl groups excluding tert-OH is 1. The van der Waals surface area contributed by atoms with Crippen molar-refractivity contribution in [1.82, 2.24) is 14.5 Å². The van der Waals surface area contributed by atoms with E-state index in [2.05, 4.69) is 31.0 Å². The van der Waals surface area contributed by atoms with Gasteiger partial charge >= 0.3 is 0 Å². The molecule has 1 amide bonds. The Morgan fingerprint density at radius 2 is 2.00 bits per heavy atom. The normalized spacial score (nSPS) is 13.2. The molecule has 1 unspecified atom stereocenters. The van der Waals surface area contributed by atoms with Crippen molar-refractivity contribution in [3.63, 3.8) is 0 Å². The first kappa shape index (κ1) is 17.4. The van der Waals surface area contributed by atoms with Gasteiger partial charge in [-0.3, -0.25) is 9.69 Å². The molecule has 6 heteroatoms. The van der Waals surface area contributed by atoms with Gasteiger partial charge in [0.1, 0.15) is 0 Å². The zero-order valence-electron chi connectivity index (χ0n) is 14.3. The number of aliphatic hydroxyl groups is 1. The molecular formula is C17H26N4O2. The lowest BCUT2D eigenvalue weighted by Crippen LogP contribution is -2.43. The van der Waals surface area contributed by atoms with E-state index in [1.807, 2.05) is 23.3 Å². The summed E-state index contributed by atoms with van der Waals surface area (Å²) in [6.07, 6.45) is 1.15. The van der Waals surface area contributed by atoms with E-state index in [4.69, 9.17) is 5.73 Å². The van der Waals surface area contributed by atoms with Crippen molar-refractivity contribution in [2.75, 3.05) is 13.1 Å². The number of carbonyl (C=O) groups excluding carboxylic acids is 1. The SMILES string of the molecule is Cc1cc2ncn(CC(O)CN(CC(N)=O)C(C)C)c2cc1C. The zero-order chi connectivity index (χ0) is 17.1. The lowest BCUT2D eigenvalue weighted by atomic mass is 10.1. The average Bonchev–Trinajstić information content (AvgIpc) is 2.80. The topological polar surface area (TPSA) is 84.4 Å². The van der Waals surface area contributed by atoms with Crippen molar-refractivity contribution < 1.29 is 9.90 Å². The van der Waals surface area contributed by atoms with Crippen LogP contribution in [0.2, 0.25) is 0 Å². The predicted molar refractivity (Wildman–Crippen MR) is 91.1 cm³/mol. The summed E-state index contributed by atoms with van der Waals surface area (Å²) in [6, 6.07) is 4.29. The molecule has 23 heavy (non-hydrogen) atoms. The molecular weight excluding hydrogens is 292 g/mol. The van der Waals surface area contributed by atoms with Gasteiger partial charge in [-0.1, -0.05) is 0 Å². The third kappa shape index (κ3) is 4.30. The maximum absolute atomic E-state index is 11.1. The van der Waals surface area contributed by atoms with Crippen LogP contribution in [0.4, 0.5) is 0 Å². The second-order valence-corrected chi connectivity index (χ2v) is 6.47. The van der Waals surface area contributed by atoms with Crippen molar-refractivity contribution in [3.05, 3.63) is 29.6 Å². The summed E-state index contributed by atoms with van der Waals surface area (Å²) in [5.74, 6) is -0.384. The Morgan fingerprint density at radius 1 is 1.35 bits per heavy atom. The van der Waals surface area contributed by atoms with Crippen molar-refractivity contribution in [2.24, 2.45) is 5.73 Å². The fourth-order valence-electron chi connectivity index (χ4n) is 2.67. The van der Waals surface area contributed by atoms with Crippen LogP contribution in [-0.4, -0.2) is 50.7 Å². The minimum Gasteiger partial charge on any atom is -0.390 e. The zero-order valence-corrected chi connectivity index (χ0v) is 14.3. The summed E-state index contributed by atoms with van der Waals surface area (Å²) in [5, 5.41) is 10.4. The minimum absolute atomic E-state index is 0.140. The summed E-state index contributed by atoms with van der Waals surface area (Å²) in [6.45, 7) is 9.06. The number of imidazole rings is 1. The van der Waals surface area contributed by atoms with Crippen molar-refractivity contribution in [2.45, 2.75) is 46.4 Å². The summed E-state index contributed by atoms with van der Waals surface area (Å²) >= 11 is 0. The molecule has 0 bridgehead atoms. The fraction of sp³-hybridized carbons (Fsp3) is 0.529. The molecule has 2 rings (SSSR count). The lowest BCUT2D eigenvalue weighted by Gasteiger charge is -2.27. The second-order valence-electron chi connectivity index (χ2n) is 6.47. The standard InChI is InChI=1S/C17H26N4O2/c1-11(2)20(9-17(18)23)7-14(22)8-21-10-19-15-5-12(3)13(4)6-16(15)21/h5-6,10-11,14,22H,7-9H2,1-4H3,(H2,18,23). The maximum Gasteiger partial charge on any atom is 0.231 e. The Kier molecular flexibility index (Phi) is 5.38. The third-order valence-electron chi connectivity index (χ3n) is 4.18. The second kappa shape index (κ2) is 7.10. The average molecular weight is 318 g/mol. The van der Waals surface area contributed by atoms with E-state index in [-0.39, 0.29) is 18.5 Å². The molecule has 2 aromatic rings. The predicted octanol–water partition coefficient (Wildman–Crippen LogP) is 1.21. The smallest absolute Gasteiger partial charge is 0.231 e. The number of carbonyl (C=O) groups is 1. The first-order valence-electron chi connectivity index (χ1n) is 7.90. The van der Waals surface area contributed by atoms with Crippen LogP contribution in [0, 0.1) is 13.8 Å². The van der Waals surface area contributed by atoms with E-state index in [1.54, 1.807) is 6.33 Å². The van der Waals surface area contributed by atoms with Gasteiger partial charge in [0, 0.05) is 12.6 Å². The van der Waals surface area contributed by atoms with E-state index < -0.39 is 6.10 Å². The van der Waals surface area contributed by atoms with Crippen LogP contribution in [0.25, 0.3) is 11.0 Å². The van der Waals surface area contributed by atoms with Gasteiger partial charge in [0.25, 0.3) is 0 Å². The molecule has 0 radical (unpaired) electrons. The lowest BCUT2D eigenvalue weighted by molar-refractivity contribution is -0.119. The molecule has 0 aliphatic heterocycles. The highest BCUT2D eigenvalue weighted by Crippen LogP contribution is 2.18. The first-order chi connectivity index (χ1) is 10.8. The third-order valence-corrected chi connectivity index (χ3v) is 4.18. The molecule has 126 valence electrons. The molecule has 3 N–H and O–H groups in total. The number of aromatic nitrogens is 2. The Hall–Kier alpha value is -1.92. The van der Waals surface area contributed by atoms with Crippen LogP contribution in [0.15, 0.2) is 18.5 Å². The van der Waals surface area contributed by atoms with Crippen LogP contribution in [0.5, 0.6) is 0 Å². The van der Waals surface area contributed by atoms with E-state index in [9.17, 15) is 9.90 Å². The van der Waals surface area contributed by atoms with Crippen molar-refractivity contribution in [3.8, 4) is 0 Å². The maximum atomic E-state index is 11.1. The van der Waals surface area contributed by atoms with Crippen LogP contribution in [0.1, 0.15) is 25.0 Å². The molecule has 1 heterocycles. The Balaban J connectivity index is 2.12. The van der Waals surface area contributed by atoms with Gasteiger partial charge in [-0.05, 0) is 51.0 Å². The highest BCUT2D eigenvalue weighted by Gasteiger charge is 2.18. The number of amides is 1. The summed E-state index contributed by atoms with van der Waals surface area (Å²) in [4.78, 5) is 17.4. The van der Waals surface area contributed by atoms with Crippen molar-refractivity contribution in [1.29, 1.82) is 0 Å². The molecule has 0 fully saturated rings. The van der Waals surface area contributed by atoms with Crippen LogP contribution in [-0.2, 0) is 11.3 Å². The molecule has 0 saturated heterocycles. The Bertz CT molecular complexity index is 693. The highest BCUT2D eigenvalue weighted by molar-refractivity contribution is 5.77. The van der Waals surface area contributed by atoms with Gasteiger partial charge in [-0.15, -0.1) is 0 Å². The van der Waals surface area contributed by atoms with E-state index in [0.29, 0.717) is 13.1 Å². The fourth-order valence-corrected chi connectivity index (χ4v) is 2.67. The molecule has 0 aliphatic rings. The van der Waals surface area contributed by atoms with E-state index >= 15 is 0 Å². The number of hydrogen-bond acceptors (Lipinski definition) is 4. The van der Waals surface area contributed by atoms with Gasteiger partial charge < -0.3 is 15.4 Å². The van der Waals surface area contributed by atoms with Gasteiger partial charge in [0.15, 0.2) is 0 Å². The number of nitrogens with zero attached hydrogens (tertiary/aromatic N) is 3. The Morgan fingerprint density at radius 3 is 2.61 bits per heavy atom. The van der Waals surface area contributed by atoms with Crippen LogP contribution in [0.3, 0.4) is 0 Å². The number of hydrogen-bond donors (Lipinski definition) is 2. The summed E-state index contributed by atoms with van der Waals surface area (Å²) in [5.41, 5.74) is 9.62. The molecule has 6 nitrogen and oxygen atoms in total. The van der Waals surface area contributed by atoms with Gasteiger partial charge in [0.05, 0.1) is 36.6 Å². The number of primary amides is 1. The van der Waals surface area contributed by atoms with Crippen LogP contribution >= 0.6 is 0 Å². The number of fused-ring (bicyclic) bond motifs is 1. The molecule has 1 atom stereocenters. The molecule has 1 aromatic carbocycles. The largest absolute Gasteiger partial charge is 0.390 e. The van der Waals surface area contributed by atoms with E-state index in [1.165, 1.54) is 11.1 Å². The molecule has 0 aliphatic carbocycles. The highest BCUT2D eigenvalue weighted by atomic mass is 16.3. The number of rotatable bonds is 7. The van der Waals surface area contributed by atoms with Gasteiger partial charge in [0.2, 0.25) is 5.91 Å². The summed E-state index contributed by atoms with van der Waals surface area (Å²) < 4.78 is 1.95. The molecule has 1 aromatic heterocycles. The number of aryl methyl sites for hydroxylation is 2. The molecule has 0 spiro atoms. The van der Waals surface area contributed by atoms with E-state index in [0.717, 1.165) is 11.0 Å². The monoisotopic (exact) mass is 318 g/mol. The van der Waals surface area contributed by atoms with Gasteiger partial charge in [-0.25, -0.2) is 4.98 Å². The van der Waals surface area contributed by atoms with Crippen molar-refractivity contribution >= 4 is 16.9 Å². The number of nitrogens with two attached hydrogens (primary N) is 1. The molecule has 0 saturated carbocycles. The van der Waals surface area contributed by atoms with Gasteiger partial charge in [-0.2, -0.15) is 0 Å².